The molecule has 2 amide bonds. The molecule has 2 aromatic carbocycles. The molecule has 51 heavy (non-hydrogen) atoms. The number of amides is 2. The number of carboxylic acids is 2. The molecule has 15 nitrogen and oxygen atoms in total. The number of halogens is 9. The average Bonchev–Trinajstić information content (AvgIpc) is 3.75. The highest BCUT2D eigenvalue weighted by Gasteiger charge is 2.39. The number of primary amides is 1. The van der Waals surface area contributed by atoms with E-state index in [0.717, 1.165) is 4.68 Å². The number of nitrogens with one attached hydrogen (secondary N) is 1. The Morgan fingerprint density at radius 3 is 1.92 bits per heavy atom. The van der Waals surface area contributed by atoms with E-state index in [1.165, 1.54) is 30.3 Å². The summed E-state index contributed by atoms with van der Waals surface area (Å²) in [6.45, 7) is 1.75. The van der Waals surface area contributed by atoms with Gasteiger partial charge in [-0.25, -0.2) is 19.3 Å². The smallest absolute Gasteiger partial charge is 0.475 e. The second-order valence-corrected chi connectivity index (χ2v) is 9.57. The van der Waals surface area contributed by atoms with Gasteiger partial charge >= 0.3 is 30.5 Å². The van der Waals surface area contributed by atoms with E-state index in [0.29, 0.717) is 28.5 Å². The van der Waals surface area contributed by atoms with Gasteiger partial charge in [0.1, 0.15) is 11.5 Å². The third-order valence-corrected chi connectivity index (χ3v) is 6.06. The highest BCUT2D eigenvalue weighted by atomic mass is 19.4. The third kappa shape index (κ3) is 9.51. The second kappa shape index (κ2) is 14.5. The van der Waals surface area contributed by atoms with Gasteiger partial charge in [0.15, 0.2) is 17.1 Å². The third-order valence-electron chi connectivity index (χ3n) is 6.06. The highest BCUT2D eigenvalue weighted by molar-refractivity contribution is 6.08. The SMILES string of the molecule is Cc1nccn1-c1ccc(NC(=O)c2cc(C(F)(F)F)nn2-c2ccc3onc(N)c3c2)c(C(N)=O)c1.O=C(O)C(F)(F)F.O=C(O)C(F)(F)F. The molecule has 0 bridgehead atoms. The van der Waals surface area contributed by atoms with Gasteiger partial charge < -0.3 is 36.1 Å². The summed E-state index contributed by atoms with van der Waals surface area (Å²) < 4.78 is 112. The number of benzene rings is 2. The van der Waals surface area contributed by atoms with Crippen LogP contribution in [0, 0.1) is 6.92 Å². The Kier molecular flexibility index (Phi) is 11.0. The van der Waals surface area contributed by atoms with Crippen molar-refractivity contribution in [3.63, 3.8) is 0 Å². The van der Waals surface area contributed by atoms with E-state index in [9.17, 15) is 49.1 Å². The monoisotopic (exact) mass is 738 g/mol. The molecule has 7 N–H and O–H groups in total. The molecule has 272 valence electrons. The minimum Gasteiger partial charge on any atom is -0.475 e. The lowest BCUT2D eigenvalue weighted by Gasteiger charge is -2.13. The number of hydrogen-bond acceptors (Lipinski definition) is 9. The van der Waals surface area contributed by atoms with Gasteiger partial charge in [-0.05, 0) is 43.3 Å². The fourth-order valence-corrected chi connectivity index (χ4v) is 3.79. The predicted molar refractivity (Wildman–Crippen MR) is 153 cm³/mol. The summed E-state index contributed by atoms with van der Waals surface area (Å²) in [4.78, 5) is 47.3. The van der Waals surface area contributed by atoms with Crippen LogP contribution in [0.1, 0.15) is 32.4 Å². The van der Waals surface area contributed by atoms with Crippen LogP contribution >= 0.6 is 0 Å². The second-order valence-electron chi connectivity index (χ2n) is 9.57. The van der Waals surface area contributed by atoms with Crippen molar-refractivity contribution in [3.8, 4) is 11.4 Å². The molecule has 0 atom stereocenters. The van der Waals surface area contributed by atoms with Crippen molar-refractivity contribution in [1.29, 1.82) is 0 Å². The zero-order valence-corrected chi connectivity index (χ0v) is 24.9. The molecule has 5 aromatic rings. The summed E-state index contributed by atoms with van der Waals surface area (Å²) in [5.74, 6) is -6.67. The summed E-state index contributed by atoms with van der Waals surface area (Å²) in [6, 6.07) is 9.28. The van der Waals surface area contributed by atoms with Crippen LogP contribution in [-0.2, 0) is 15.8 Å². The number of nitrogens with two attached hydrogens (primary N) is 2. The van der Waals surface area contributed by atoms with E-state index in [1.54, 1.807) is 30.0 Å². The summed E-state index contributed by atoms with van der Waals surface area (Å²) in [5.41, 5.74) is 10.4. The van der Waals surface area contributed by atoms with Crippen molar-refractivity contribution in [1.82, 2.24) is 24.5 Å². The van der Waals surface area contributed by atoms with Crippen molar-refractivity contribution in [2.75, 3.05) is 11.1 Å². The van der Waals surface area contributed by atoms with Gasteiger partial charge in [-0.3, -0.25) is 9.59 Å². The largest absolute Gasteiger partial charge is 0.490 e. The number of nitrogen functional groups attached to an aromatic ring is 1. The van der Waals surface area contributed by atoms with Gasteiger partial charge in [-0.2, -0.15) is 44.6 Å². The maximum absolute atomic E-state index is 13.5. The molecule has 3 heterocycles. The first-order chi connectivity index (χ1) is 23.4. The lowest BCUT2D eigenvalue weighted by atomic mass is 10.1. The van der Waals surface area contributed by atoms with Crippen LogP contribution in [0.3, 0.4) is 0 Å². The molecule has 3 aromatic heterocycles. The van der Waals surface area contributed by atoms with Crippen LogP contribution in [0.2, 0.25) is 0 Å². The number of carboxylic acid groups (broad SMARTS) is 2. The van der Waals surface area contributed by atoms with Crippen LogP contribution in [0.5, 0.6) is 0 Å². The number of hydrogen-bond donors (Lipinski definition) is 5. The number of fused-ring (bicyclic) bond motifs is 1. The van der Waals surface area contributed by atoms with E-state index in [1.807, 2.05) is 0 Å². The number of anilines is 2. The minimum atomic E-state index is -5.08. The Balaban J connectivity index is 0.000000424. The Bertz CT molecular complexity index is 2070. The molecule has 5 rings (SSSR count). The van der Waals surface area contributed by atoms with E-state index in [-0.39, 0.29) is 22.8 Å². The Hall–Kier alpha value is -6.62. The molecular weight excluding hydrogens is 719 g/mol. The fraction of sp³-hybridized carbons (Fsp3) is 0.148. The summed E-state index contributed by atoms with van der Waals surface area (Å²) in [5, 5.41) is 24.2. The first-order valence-corrected chi connectivity index (χ1v) is 13.1. The number of carbonyl (C=O) groups excluding carboxylic acids is 2. The maximum atomic E-state index is 13.5. The van der Waals surface area contributed by atoms with Gasteiger partial charge in [0.05, 0.1) is 22.3 Å². The molecule has 0 spiro atoms. The normalized spacial score (nSPS) is 11.6. The molecule has 0 aliphatic rings. The molecule has 0 aliphatic carbocycles. The van der Waals surface area contributed by atoms with E-state index >= 15 is 0 Å². The van der Waals surface area contributed by atoms with E-state index in [2.05, 4.69) is 20.6 Å². The quantitative estimate of drug-likeness (QED) is 0.155. The van der Waals surface area contributed by atoms with E-state index in [4.69, 9.17) is 35.8 Å². The molecule has 0 aliphatic heterocycles. The zero-order valence-electron chi connectivity index (χ0n) is 24.9. The standard InChI is InChI=1S/C23H17F3N8O3.2C2HF3O2/c1-11-29-6-7-33(11)12-2-4-16(14(8-12)21(28)35)30-22(36)17-10-19(23(24,25)26)31-34(17)13-3-5-18-15(9-13)20(27)32-37-18;2*3-2(4,5)1(6)7/h2-10H,1H3,(H2,27,32)(H2,28,35)(H,30,36);2*(H,6,7). The van der Waals surface area contributed by atoms with Gasteiger partial charge in [-0.15, -0.1) is 0 Å². The fourth-order valence-electron chi connectivity index (χ4n) is 3.79. The average molecular weight is 738 g/mol. The van der Waals surface area contributed by atoms with Crippen molar-refractivity contribution < 1.29 is 73.4 Å². The molecule has 0 radical (unpaired) electrons. The van der Waals surface area contributed by atoms with Gasteiger partial charge in [0, 0.05) is 24.1 Å². The molecule has 24 heteroatoms. The van der Waals surface area contributed by atoms with Crippen LogP contribution in [0.25, 0.3) is 22.3 Å². The summed E-state index contributed by atoms with van der Waals surface area (Å²) in [6.07, 6.45) is -11.8. The molecular formula is C27H19F9N8O7. The van der Waals surface area contributed by atoms with Gasteiger partial charge in [0.25, 0.3) is 11.8 Å². The van der Waals surface area contributed by atoms with Crippen molar-refractivity contribution in [2.45, 2.75) is 25.5 Å². The highest BCUT2D eigenvalue weighted by Crippen LogP contribution is 2.31. The van der Waals surface area contributed by atoms with Crippen molar-refractivity contribution in [3.05, 3.63) is 77.6 Å². The molecule has 0 unspecified atom stereocenters. The van der Waals surface area contributed by atoms with Crippen molar-refractivity contribution in [2.24, 2.45) is 5.73 Å². The van der Waals surface area contributed by atoms with Crippen LogP contribution < -0.4 is 16.8 Å². The van der Waals surface area contributed by atoms with Crippen molar-refractivity contribution >= 4 is 46.2 Å². The predicted octanol–water partition coefficient (Wildman–Crippen LogP) is 4.73. The Morgan fingerprint density at radius 1 is 0.863 bits per heavy atom. The number of alkyl halides is 9. The molecule has 0 fully saturated rings. The van der Waals surface area contributed by atoms with Crippen LogP contribution in [0.15, 0.2) is 59.4 Å². The topological polar surface area (TPSA) is 234 Å². The molecule has 0 saturated heterocycles. The van der Waals surface area contributed by atoms with Crippen LogP contribution in [-0.4, -0.2) is 70.8 Å². The summed E-state index contributed by atoms with van der Waals surface area (Å²) in [7, 11) is 0. The van der Waals surface area contributed by atoms with Gasteiger partial charge in [0.2, 0.25) is 0 Å². The Labute approximate surface area is 275 Å². The number of aliphatic carboxylic acids is 2. The zero-order chi connectivity index (χ0) is 38.6. The number of aromatic nitrogens is 5. The molecule has 0 saturated carbocycles. The minimum absolute atomic E-state index is 0.000872. The van der Waals surface area contributed by atoms with Crippen LogP contribution in [0.4, 0.5) is 51.0 Å². The Morgan fingerprint density at radius 2 is 1.43 bits per heavy atom. The van der Waals surface area contributed by atoms with E-state index < -0.39 is 53.7 Å². The lowest BCUT2D eigenvalue weighted by Crippen LogP contribution is -2.21. The lowest BCUT2D eigenvalue weighted by molar-refractivity contribution is -0.193. The number of carbonyl (C=O) groups is 4. The van der Waals surface area contributed by atoms with Gasteiger partial charge in [-0.1, -0.05) is 5.16 Å². The number of nitrogens with zero attached hydrogens (tertiary/aromatic N) is 5. The number of aryl methyl sites for hydroxylation is 1. The number of rotatable bonds is 5. The maximum Gasteiger partial charge on any atom is 0.490 e. The first kappa shape index (κ1) is 38.8. The number of imidazole rings is 1. The summed E-state index contributed by atoms with van der Waals surface area (Å²) >= 11 is 0. The first-order valence-electron chi connectivity index (χ1n) is 13.1.